The largest absolute Gasteiger partial charge is 0.486 e. The van der Waals surface area contributed by atoms with Crippen LogP contribution in [0.25, 0.3) is 6.08 Å². The van der Waals surface area contributed by atoms with Crippen LogP contribution in [0.4, 0.5) is 0 Å². The molecule has 0 amide bonds. The first-order chi connectivity index (χ1) is 8.54. The van der Waals surface area contributed by atoms with E-state index in [1.807, 2.05) is 6.92 Å². The minimum Gasteiger partial charge on any atom is -0.486 e. The van der Waals surface area contributed by atoms with E-state index < -0.39 is 5.97 Å². The average Bonchev–Trinajstić information content (AvgIpc) is 2.30. The predicted octanol–water partition coefficient (Wildman–Crippen LogP) is 2.85. The van der Waals surface area contributed by atoms with E-state index in [1.165, 1.54) is 6.08 Å². The maximum atomic E-state index is 10.5. The number of benzene rings is 1. The van der Waals surface area contributed by atoms with Gasteiger partial charge < -0.3 is 14.6 Å². The molecule has 0 aliphatic carbocycles. The Labute approximate surface area is 111 Å². The average molecular weight is 271 g/mol. The summed E-state index contributed by atoms with van der Waals surface area (Å²) in [5.74, 6) is -0.563. The van der Waals surface area contributed by atoms with Crippen LogP contribution < -0.4 is 4.74 Å². The number of carboxylic acids is 1. The normalized spacial score (nSPS) is 12.6. The van der Waals surface area contributed by atoms with Crippen molar-refractivity contribution in [2.75, 3.05) is 13.7 Å². The van der Waals surface area contributed by atoms with Crippen LogP contribution in [0, 0.1) is 0 Å². The van der Waals surface area contributed by atoms with Gasteiger partial charge in [0.25, 0.3) is 0 Å². The Morgan fingerprint density at radius 1 is 1.56 bits per heavy atom. The topological polar surface area (TPSA) is 55.8 Å². The van der Waals surface area contributed by atoms with Gasteiger partial charge >= 0.3 is 5.97 Å². The molecule has 0 saturated carbocycles. The lowest BCUT2D eigenvalue weighted by Gasteiger charge is -2.16. The number of hydrogen-bond donors (Lipinski definition) is 1. The summed E-state index contributed by atoms with van der Waals surface area (Å²) in [7, 11) is 1.58. The summed E-state index contributed by atoms with van der Waals surface area (Å²) < 4.78 is 10.6. The van der Waals surface area contributed by atoms with E-state index in [-0.39, 0.29) is 6.10 Å². The van der Waals surface area contributed by atoms with Crippen LogP contribution in [-0.2, 0) is 9.53 Å². The lowest BCUT2D eigenvalue weighted by Crippen LogP contribution is -2.18. The highest BCUT2D eigenvalue weighted by atomic mass is 35.5. The van der Waals surface area contributed by atoms with Gasteiger partial charge in [-0.05, 0) is 19.1 Å². The van der Waals surface area contributed by atoms with Gasteiger partial charge in [-0.1, -0.05) is 23.7 Å². The lowest BCUT2D eigenvalue weighted by molar-refractivity contribution is -0.131. The molecule has 1 N–H and O–H groups in total. The van der Waals surface area contributed by atoms with Gasteiger partial charge in [-0.3, -0.25) is 0 Å². The van der Waals surface area contributed by atoms with Crippen molar-refractivity contribution >= 4 is 23.6 Å². The molecule has 18 heavy (non-hydrogen) atoms. The van der Waals surface area contributed by atoms with Gasteiger partial charge in [-0.15, -0.1) is 0 Å². The van der Waals surface area contributed by atoms with E-state index in [0.717, 1.165) is 6.08 Å². The summed E-state index contributed by atoms with van der Waals surface area (Å²) in [5, 5.41) is 9.06. The minimum absolute atomic E-state index is 0.174. The van der Waals surface area contributed by atoms with Crippen molar-refractivity contribution in [1.82, 2.24) is 0 Å². The second-order valence-electron chi connectivity index (χ2n) is 3.71. The Kier molecular flexibility index (Phi) is 5.68. The van der Waals surface area contributed by atoms with Crippen LogP contribution >= 0.6 is 11.6 Å². The Morgan fingerprint density at radius 3 is 2.89 bits per heavy atom. The molecule has 1 unspecified atom stereocenters. The standard InChI is InChI=1S/C13H15ClO4/c1-9(8-17-2)18-13-10(6-7-12(15)16)4-3-5-11(13)14/h3-7,9H,8H2,1-2H3,(H,15,16)/b7-6+. The van der Waals surface area contributed by atoms with Crippen LogP contribution in [0.15, 0.2) is 24.3 Å². The summed E-state index contributed by atoms with van der Waals surface area (Å²) in [6, 6.07) is 5.16. The second-order valence-corrected chi connectivity index (χ2v) is 4.12. The van der Waals surface area contributed by atoms with Gasteiger partial charge in [-0.25, -0.2) is 4.79 Å². The number of carboxylic acid groups (broad SMARTS) is 1. The third-order valence-electron chi connectivity index (χ3n) is 2.12. The Balaban J connectivity index is 2.97. The van der Waals surface area contributed by atoms with Gasteiger partial charge in [0.15, 0.2) is 0 Å². The molecule has 1 rings (SSSR count). The molecule has 0 saturated heterocycles. The van der Waals surface area contributed by atoms with E-state index in [9.17, 15) is 4.79 Å². The quantitative estimate of drug-likeness (QED) is 0.808. The molecule has 1 aromatic carbocycles. The summed E-state index contributed by atoms with van der Waals surface area (Å²) >= 11 is 6.04. The number of para-hydroxylation sites is 1. The zero-order chi connectivity index (χ0) is 13.5. The molecule has 98 valence electrons. The number of methoxy groups -OCH3 is 1. The maximum absolute atomic E-state index is 10.5. The van der Waals surface area contributed by atoms with Crippen molar-refractivity contribution in [3.63, 3.8) is 0 Å². The van der Waals surface area contributed by atoms with Crippen LogP contribution in [0.5, 0.6) is 5.75 Å². The molecule has 0 bridgehead atoms. The number of rotatable bonds is 6. The Bertz CT molecular complexity index is 443. The van der Waals surface area contributed by atoms with Crippen LogP contribution in [0.3, 0.4) is 0 Å². The SMILES string of the molecule is COCC(C)Oc1c(Cl)cccc1/C=C/C(=O)O. The van der Waals surface area contributed by atoms with Crippen LogP contribution in [0.2, 0.25) is 5.02 Å². The molecule has 0 aliphatic heterocycles. The maximum Gasteiger partial charge on any atom is 0.328 e. The fraction of sp³-hybridized carbons (Fsp3) is 0.308. The van der Waals surface area contributed by atoms with Crippen molar-refractivity contribution < 1.29 is 19.4 Å². The number of aliphatic carboxylic acids is 1. The minimum atomic E-state index is -1.02. The van der Waals surface area contributed by atoms with Gasteiger partial charge in [0, 0.05) is 18.7 Å². The number of carbonyl (C=O) groups is 1. The summed E-state index contributed by atoms with van der Waals surface area (Å²) in [4.78, 5) is 10.5. The molecule has 0 aliphatic rings. The molecule has 0 aromatic heterocycles. The zero-order valence-corrected chi connectivity index (χ0v) is 11.0. The van der Waals surface area contributed by atoms with Crippen molar-refractivity contribution in [1.29, 1.82) is 0 Å². The first-order valence-corrected chi connectivity index (χ1v) is 5.77. The van der Waals surface area contributed by atoms with Crippen molar-refractivity contribution in [2.45, 2.75) is 13.0 Å². The molecule has 4 nitrogen and oxygen atoms in total. The highest BCUT2D eigenvalue weighted by molar-refractivity contribution is 6.32. The number of ether oxygens (including phenoxy) is 2. The molecule has 5 heteroatoms. The van der Waals surface area contributed by atoms with E-state index in [1.54, 1.807) is 25.3 Å². The molecule has 1 atom stereocenters. The smallest absolute Gasteiger partial charge is 0.328 e. The third kappa shape index (κ3) is 4.39. The van der Waals surface area contributed by atoms with Gasteiger partial charge in [0.2, 0.25) is 0 Å². The van der Waals surface area contributed by atoms with Gasteiger partial charge in [0.05, 0.1) is 11.6 Å². The third-order valence-corrected chi connectivity index (χ3v) is 2.42. The first-order valence-electron chi connectivity index (χ1n) is 5.39. The Hall–Kier alpha value is -1.52. The van der Waals surface area contributed by atoms with Crippen molar-refractivity contribution in [2.24, 2.45) is 0 Å². The van der Waals surface area contributed by atoms with Gasteiger partial charge in [0.1, 0.15) is 11.9 Å². The molecule has 0 fully saturated rings. The summed E-state index contributed by atoms with van der Waals surface area (Å²) in [6.07, 6.45) is 2.31. The summed E-state index contributed by atoms with van der Waals surface area (Å²) in [5.41, 5.74) is 0.618. The van der Waals surface area contributed by atoms with E-state index in [0.29, 0.717) is 22.9 Å². The zero-order valence-electron chi connectivity index (χ0n) is 10.2. The molecule has 1 aromatic rings. The Morgan fingerprint density at radius 2 is 2.28 bits per heavy atom. The van der Waals surface area contributed by atoms with Gasteiger partial charge in [-0.2, -0.15) is 0 Å². The number of halogens is 1. The second kappa shape index (κ2) is 7.03. The highest BCUT2D eigenvalue weighted by Crippen LogP contribution is 2.30. The monoisotopic (exact) mass is 270 g/mol. The molecular weight excluding hydrogens is 256 g/mol. The van der Waals surface area contributed by atoms with E-state index in [2.05, 4.69) is 0 Å². The molecule has 0 heterocycles. The van der Waals surface area contributed by atoms with Crippen LogP contribution in [-0.4, -0.2) is 30.9 Å². The van der Waals surface area contributed by atoms with Crippen LogP contribution in [0.1, 0.15) is 12.5 Å². The van der Waals surface area contributed by atoms with Crippen molar-refractivity contribution in [3.05, 3.63) is 34.9 Å². The highest BCUT2D eigenvalue weighted by Gasteiger charge is 2.10. The number of hydrogen-bond acceptors (Lipinski definition) is 3. The summed E-state index contributed by atoms with van der Waals surface area (Å²) in [6.45, 7) is 2.27. The van der Waals surface area contributed by atoms with Crippen molar-refractivity contribution in [3.8, 4) is 5.75 Å². The molecule has 0 spiro atoms. The fourth-order valence-corrected chi connectivity index (χ4v) is 1.64. The van der Waals surface area contributed by atoms with E-state index in [4.69, 9.17) is 26.2 Å². The predicted molar refractivity (Wildman–Crippen MR) is 70.1 cm³/mol. The lowest BCUT2D eigenvalue weighted by atomic mass is 10.2. The fourth-order valence-electron chi connectivity index (χ4n) is 1.41. The molecule has 0 radical (unpaired) electrons. The first kappa shape index (κ1) is 14.5. The molecular formula is C13H15ClO4. The van der Waals surface area contributed by atoms with E-state index >= 15 is 0 Å².